The van der Waals surface area contributed by atoms with Gasteiger partial charge in [-0.3, -0.25) is 4.79 Å². The quantitative estimate of drug-likeness (QED) is 0.764. The Bertz CT molecular complexity index is 698. The normalized spacial score (nSPS) is 9.92. The summed E-state index contributed by atoms with van der Waals surface area (Å²) in [5, 5.41) is 5.71. The van der Waals surface area contributed by atoms with Crippen molar-refractivity contribution in [3.05, 3.63) is 54.1 Å². The molecule has 0 aliphatic heterocycles. The van der Waals surface area contributed by atoms with E-state index in [2.05, 4.69) is 10.6 Å². The van der Waals surface area contributed by atoms with Crippen LogP contribution in [0.5, 0.6) is 5.75 Å². The van der Waals surface area contributed by atoms with Crippen LogP contribution in [-0.4, -0.2) is 32.1 Å². The largest absolute Gasteiger partial charge is 0.494 e. The van der Waals surface area contributed by atoms with Crippen molar-refractivity contribution >= 4 is 23.3 Å². The minimum Gasteiger partial charge on any atom is -0.494 e. The van der Waals surface area contributed by atoms with E-state index >= 15 is 0 Å². The Morgan fingerprint density at radius 1 is 1.04 bits per heavy atom. The van der Waals surface area contributed by atoms with Gasteiger partial charge in [0.05, 0.1) is 25.8 Å². The highest BCUT2D eigenvalue weighted by atomic mass is 16.5. The molecule has 0 spiro atoms. The molecule has 126 valence electrons. The third-order valence-electron chi connectivity index (χ3n) is 3.22. The van der Waals surface area contributed by atoms with Gasteiger partial charge in [0.25, 0.3) is 0 Å². The minimum absolute atomic E-state index is 0.0290. The molecule has 24 heavy (non-hydrogen) atoms. The molecule has 2 aromatic carbocycles. The fourth-order valence-electron chi connectivity index (χ4n) is 2.11. The Kier molecular flexibility index (Phi) is 6.19. The van der Waals surface area contributed by atoms with Crippen LogP contribution < -0.4 is 15.4 Å². The van der Waals surface area contributed by atoms with E-state index in [1.165, 1.54) is 7.11 Å². The van der Waals surface area contributed by atoms with Crippen molar-refractivity contribution in [3.63, 3.8) is 0 Å². The van der Waals surface area contributed by atoms with Crippen LogP contribution in [0.25, 0.3) is 0 Å². The highest BCUT2D eigenvalue weighted by Crippen LogP contribution is 2.17. The Morgan fingerprint density at radius 3 is 2.42 bits per heavy atom. The summed E-state index contributed by atoms with van der Waals surface area (Å²) in [7, 11) is 1.32. The first-order chi connectivity index (χ1) is 11.6. The molecule has 1 amide bonds. The van der Waals surface area contributed by atoms with Gasteiger partial charge >= 0.3 is 5.97 Å². The smallest absolute Gasteiger partial charge is 0.339 e. The Hall–Kier alpha value is -3.02. The van der Waals surface area contributed by atoms with Crippen LogP contribution in [0.2, 0.25) is 0 Å². The van der Waals surface area contributed by atoms with E-state index in [9.17, 15) is 9.59 Å². The fraction of sp³-hybridized carbons (Fsp3) is 0.222. The van der Waals surface area contributed by atoms with Crippen LogP contribution in [-0.2, 0) is 9.53 Å². The number of methoxy groups -OCH3 is 1. The summed E-state index contributed by atoms with van der Waals surface area (Å²) in [6.45, 7) is 2.53. The minimum atomic E-state index is -0.454. The lowest BCUT2D eigenvalue weighted by atomic mass is 10.2. The predicted octanol–water partition coefficient (Wildman–Crippen LogP) is 2.92. The second kappa shape index (κ2) is 8.57. The van der Waals surface area contributed by atoms with E-state index in [0.29, 0.717) is 23.5 Å². The summed E-state index contributed by atoms with van der Waals surface area (Å²) in [4.78, 5) is 23.7. The molecule has 6 heteroatoms. The lowest BCUT2D eigenvalue weighted by Crippen LogP contribution is -2.22. The summed E-state index contributed by atoms with van der Waals surface area (Å²) in [5.41, 5.74) is 1.60. The van der Waals surface area contributed by atoms with Gasteiger partial charge in [-0.15, -0.1) is 0 Å². The van der Waals surface area contributed by atoms with Gasteiger partial charge in [-0.25, -0.2) is 4.79 Å². The van der Waals surface area contributed by atoms with Crippen molar-refractivity contribution in [1.82, 2.24) is 0 Å². The summed E-state index contributed by atoms with van der Waals surface area (Å²) in [5.74, 6) is 0.0736. The third-order valence-corrected chi connectivity index (χ3v) is 3.22. The molecule has 0 atom stereocenters. The fourth-order valence-corrected chi connectivity index (χ4v) is 2.11. The Morgan fingerprint density at radius 2 is 1.75 bits per heavy atom. The topological polar surface area (TPSA) is 76.7 Å². The van der Waals surface area contributed by atoms with E-state index in [-0.39, 0.29) is 12.5 Å². The second-order valence-corrected chi connectivity index (χ2v) is 4.90. The molecule has 0 unspecified atom stereocenters. The summed E-state index contributed by atoms with van der Waals surface area (Å²) in [6, 6.07) is 14.0. The molecule has 0 aromatic heterocycles. The van der Waals surface area contributed by atoms with Crippen LogP contribution in [0.3, 0.4) is 0 Å². The van der Waals surface area contributed by atoms with Gasteiger partial charge in [0, 0.05) is 11.4 Å². The number of esters is 1. The van der Waals surface area contributed by atoms with Crippen LogP contribution >= 0.6 is 0 Å². The first-order valence-corrected chi connectivity index (χ1v) is 7.58. The number of carbonyl (C=O) groups is 2. The molecule has 2 aromatic rings. The van der Waals surface area contributed by atoms with Crippen LogP contribution in [0, 0.1) is 0 Å². The summed E-state index contributed by atoms with van der Waals surface area (Å²) in [6.07, 6.45) is 0. The SMILES string of the molecule is CCOc1ccc(NC(=O)CNc2ccccc2C(=O)OC)cc1. The highest BCUT2D eigenvalue weighted by Gasteiger charge is 2.11. The molecule has 2 N–H and O–H groups in total. The molecule has 2 rings (SSSR count). The maximum Gasteiger partial charge on any atom is 0.339 e. The molecule has 0 saturated carbocycles. The number of nitrogens with one attached hydrogen (secondary N) is 2. The monoisotopic (exact) mass is 328 g/mol. The van der Waals surface area contributed by atoms with Gasteiger partial charge in [-0.05, 0) is 43.3 Å². The predicted molar refractivity (Wildman–Crippen MR) is 92.5 cm³/mol. The van der Waals surface area contributed by atoms with Crippen molar-refractivity contribution in [2.75, 3.05) is 30.9 Å². The first-order valence-electron chi connectivity index (χ1n) is 7.58. The zero-order valence-electron chi connectivity index (χ0n) is 13.7. The van der Waals surface area contributed by atoms with Crippen molar-refractivity contribution in [3.8, 4) is 5.75 Å². The molecular formula is C18H20N2O4. The van der Waals surface area contributed by atoms with Gasteiger partial charge in [-0.1, -0.05) is 12.1 Å². The molecule has 0 fully saturated rings. The van der Waals surface area contributed by atoms with Gasteiger partial charge in [0.1, 0.15) is 5.75 Å². The molecule has 0 bridgehead atoms. The molecule has 6 nitrogen and oxygen atoms in total. The maximum absolute atomic E-state index is 12.0. The molecule has 0 aliphatic carbocycles. The lowest BCUT2D eigenvalue weighted by Gasteiger charge is -2.11. The number of ether oxygens (including phenoxy) is 2. The van der Waals surface area contributed by atoms with Gasteiger partial charge < -0.3 is 20.1 Å². The first kappa shape index (κ1) is 17.3. The number of benzene rings is 2. The van der Waals surface area contributed by atoms with Crippen LogP contribution in [0.15, 0.2) is 48.5 Å². The number of anilines is 2. The number of hydrogen-bond donors (Lipinski definition) is 2. The van der Waals surface area contributed by atoms with Crippen molar-refractivity contribution in [1.29, 1.82) is 0 Å². The van der Waals surface area contributed by atoms with Gasteiger partial charge in [-0.2, -0.15) is 0 Å². The van der Waals surface area contributed by atoms with Crippen LogP contribution in [0.1, 0.15) is 17.3 Å². The zero-order valence-corrected chi connectivity index (χ0v) is 13.7. The number of hydrogen-bond acceptors (Lipinski definition) is 5. The average molecular weight is 328 g/mol. The number of rotatable bonds is 7. The van der Waals surface area contributed by atoms with Crippen molar-refractivity contribution in [2.45, 2.75) is 6.92 Å². The van der Waals surface area contributed by atoms with Gasteiger partial charge in [0.2, 0.25) is 5.91 Å². The Balaban J connectivity index is 1.93. The molecule has 0 heterocycles. The third kappa shape index (κ3) is 4.74. The molecule has 0 aliphatic rings. The molecule has 0 saturated heterocycles. The molecular weight excluding hydrogens is 308 g/mol. The standard InChI is InChI=1S/C18H20N2O4/c1-3-24-14-10-8-13(9-11-14)20-17(21)12-19-16-7-5-4-6-15(16)18(22)23-2/h4-11,19H,3,12H2,1-2H3,(H,20,21). The van der Waals surface area contributed by atoms with E-state index in [4.69, 9.17) is 9.47 Å². The molecule has 0 radical (unpaired) electrons. The summed E-state index contributed by atoms with van der Waals surface area (Å²) >= 11 is 0. The van der Waals surface area contributed by atoms with E-state index in [1.54, 1.807) is 48.5 Å². The van der Waals surface area contributed by atoms with E-state index < -0.39 is 5.97 Å². The van der Waals surface area contributed by atoms with E-state index in [1.807, 2.05) is 6.92 Å². The number of carbonyl (C=O) groups excluding carboxylic acids is 2. The Labute approximate surface area is 140 Å². The van der Waals surface area contributed by atoms with Crippen molar-refractivity contribution < 1.29 is 19.1 Å². The number of amides is 1. The number of para-hydroxylation sites is 1. The second-order valence-electron chi connectivity index (χ2n) is 4.90. The zero-order chi connectivity index (χ0) is 17.4. The summed E-state index contributed by atoms with van der Waals surface area (Å²) < 4.78 is 10.1. The van der Waals surface area contributed by atoms with Gasteiger partial charge in [0.15, 0.2) is 0 Å². The van der Waals surface area contributed by atoms with E-state index in [0.717, 1.165) is 5.75 Å². The average Bonchev–Trinajstić information content (AvgIpc) is 2.61. The highest BCUT2D eigenvalue weighted by molar-refractivity contribution is 5.98. The van der Waals surface area contributed by atoms with Crippen molar-refractivity contribution in [2.24, 2.45) is 0 Å². The van der Waals surface area contributed by atoms with Crippen LogP contribution in [0.4, 0.5) is 11.4 Å². The lowest BCUT2D eigenvalue weighted by molar-refractivity contribution is -0.114. The maximum atomic E-state index is 12.0.